The number of sulfonamides is 1. The first-order chi connectivity index (χ1) is 17.7. The lowest BCUT2D eigenvalue weighted by atomic mass is 9.74. The van der Waals surface area contributed by atoms with Crippen LogP contribution in [0, 0.1) is 0 Å². The van der Waals surface area contributed by atoms with E-state index in [1.165, 1.54) is 15.9 Å². The number of likely N-dealkylation sites (tertiary alicyclic amines) is 1. The van der Waals surface area contributed by atoms with Gasteiger partial charge in [-0.1, -0.05) is 54.1 Å². The third kappa shape index (κ3) is 5.10. The van der Waals surface area contributed by atoms with Gasteiger partial charge in [0.1, 0.15) is 5.75 Å². The molecule has 9 heteroatoms. The van der Waals surface area contributed by atoms with Crippen LogP contribution >= 0.6 is 11.6 Å². The van der Waals surface area contributed by atoms with Crippen LogP contribution in [0.3, 0.4) is 0 Å². The summed E-state index contributed by atoms with van der Waals surface area (Å²) in [5.74, 6) is 0.653. The Morgan fingerprint density at radius 3 is 2.43 bits per heavy atom. The van der Waals surface area contributed by atoms with Crippen LogP contribution in [0.2, 0.25) is 5.02 Å². The fourth-order valence-corrected chi connectivity index (χ4v) is 9.09. The van der Waals surface area contributed by atoms with Crippen molar-refractivity contribution in [2.45, 2.75) is 40.5 Å². The highest BCUT2D eigenvalue weighted by atomic mass is 35.5. The number of rotatable bonds is 7. The maximum Gasteiger partial charge on any atom is 0.243 e. The molecule has 1 N–H and O–H groups in total. The van der Waals surface area contributed by atoms with Gasteiger partial charge in [0, 0.05) is 23.1 Å². The topological polar surface area (TPSA) is 77.9 Å². The van der Waals surface area contributed by atoms with E-state index in [0.717, 1.165) is 36.4 Å². The molecule has 3 aromatic rings. The molecule has 196 valence electrons. The smallest absolute Gasteiger partial charge is 0.243 e. The minimum absolute atomic E-state index is 0.0325. The first-order valence-electron chi connectivity index (χ1n) is 12.4. The van der Waals surface area contributed by atoms with Crippen molar-refractivity contribution in [3.8, 4) is 5.75 Å². The molecule has 2 unspecified atom stereocenters. The van der Waals surface area contributed by atoms with Gasteiger partial charge in [0.25, 0.3) is 0 Å². The van der Waals surface area contributed by atoms with E-state index in [0.29, 0.717) is 18.7 Å². The molecule has 0 radical (unpaired) electrons. The second-order valence-corrected chi connectivity index (χ2v) is 13.8. The second-order valence-electron chi connectivity index (χ2n) is 9.96. The number of fused-ring (bicyclic) bond motifs is 2. The molecular weight excluding hydrogens is 528 g/mol. The third-order valence-electron chi connectivity index (χ3n) is 7.86. The average Bonchev–Trinajstić information content (AvgIpc) is 3.18. The number of nitrogens with zero attached hydrogens (tertiary/aromatic N) is 2. The third-order valence-corrected chi connectivity index (χ3v) is 11.7. The van der Waals surface area contributed by atoms with Crippen LogP contribution in [0.5, 0.6) is 5.75 Å². The van der Waals surface area contributed by atoms with Crippen LogP contribution in [0.4, 0.5) is 0 Å². The molecule has 0 aliphatic carbocycles. The molecule has 37 heavy (non-hydrogen) atoms. The molecule has 3 aromatic carbocycles. The summed E-state index contributed by atoms with van der Waals surface area (Å²) in [6, 6.07) is 21.0. The van der Waals surface area contributed by atoms with E-state index >= 15 is 0 Å². The average molecular weight is 559 g/mol. The van der Waals surface area contributed by atoms with E-state index in [-0.39, 0.29) is 21.1 Å². The summed E-state index contributed by atoms with van der Waals surface area (Å²) in [4.78, 5) is 3.58. The molecule has 1 fully saturated rings. The van der Waals surface area contributed by atoms with Gasteiger partial charge in [-0.2, -0.15) is 4.31 Å². The van der Waals surface area contributed by atoms with Gasteiger partial charge in [0.2, 0.25) is 10.0 Å². The fourth-order valence-electron chi connectivity index (χ4n) is 5.65. The Kier molecular flexibility index (Phi) is 7.49. The number of phenols is 1. The largest absolute Gasteiger partial charge is 0.506 e. The normalized spacial score (nSPS) is 20.2. The minimum Gasteiger partial charge on any atom is -0.506 e. The van der Waals surface area contributed by atoms with Crippen molar-refractivity contribution in [2.24, 2.45) is 0 Å². The lowest BCUT2D eigenvalue weighted by molar-refractivity contribution is 0.159. The van der Waals surface area contributed by atoms with E-state index in [1.54, 1.807) is 49.5 Å². The van der Waals surface area contributed by atoms with Crippen molar-refractivity contribution in [3.05, 3.63) is 88.9 Å². The summed E-state index contributed by atoms with van der Waals surface area (Å²) in [7, 11) is -3.09. The molecular formula is C28H31ClN2O4S2. The summed E-state index contributed by atoms with van der Waals surface area (Å²) in [6.45, 7) is 2.44. The summed E-state index contributed by atoms with van der Waals surface area (Å²) in [6.07, 6.45) is 2.44. The fraction of sp³-hybridized carbons (Fsp3) is 0.357. The minimum atomic E-state index is -3.74. The van der Waals surface area contributed by atoms with Gasteiger partial charge in [0.05, 0.1) is 26.8 Å². The van der Waals surface area contributed by atoms with Gasteiger partial charge >= 0.3 is 0 Å². The Labute approximate surface area is 226 Å². The number of phenolic OH excluding ortho intramolecular Hbond substituents is 1. The zero-order valence-electron chi connectivity index (χ0n) is 20.7. The Hall–Kier alpha value is -2.23. The maximum atomic E-state index is 13.5. The Morgan fingerprint density at radius 2 is 1.73 bits per heavy atom. The number of hydrogen-bond donors (Lipinski definition) is 1. The lowest BCUT2D eigenvalue weighted by Gasteiger charge is -2.40. The highest BCUT2D eigenvalue weighted by molar-refractivity contribution is 7.89. The summed E-state index contributed by atoms with van der Waals surface area (Å²) >= 11 is 6.21. The van der Waals surface area contributed by atoms with Gasteiger partial charge < -0.3 is 10.0 Å². The highest BCUT2D eigenvalue weighted by Crippen LogP contribution is 2.45. The molecule has 0 aromatic heterocycles. The van der Waals surface area contributed by atoms with Crippen LogP contribution in [0.25, 0.3) is 0 Å². The van der Waals surface area contributed by atoms with Crippen molar-refractivity contribution < 1.29 is 17.7 Å². The Morgan fingerprint density at radius 1 is 1.05 bits per heavy atom. The monoisotopic (exact) mass is 558 g/mol. The van der Waals surface area contributed by atoms with Gasteiger partial charge in [-0.25, -0.2) is 8.42 Å². The van der Waals surface area contributed by atoms with Crippen LogP contribution in [-0.2, 0) is 26.2 Å². The van der Waals surface area contributed by atoms with Gasteiger partial charge in [-0.3, -0.25) is 4.21 Å². The number of piperidine rings is 1. The van der Waals surface area contributed by atoms with E-state index in [4.69, 9.17) is 11.6 Å². The molecule has 1 spiro atoms. The first kappa shape index (κ1) is 26.4. The van der Waals surface area contributed by atoms with Crippen molar-refractivity contribution in [1.29, 1.82) is 0 Å². The van der Waals surface area contributed by atoms with Crippen LogP contribution in [0.1, 0.15) is 36.4 Å². The van der Waals surface area contributed by atoms with Crippen LogP contribution in [0.15, 0.2) is 82.6 Å². The van der Waals surface area contributed by atoms with Gasteiger partial charge in [-0.05, 0) is 80.4 Å². The summed E-state index contributed by atoms with van der Waals surface area (Å²) in [5.41, 5.74) is 1.94. The van der Waals surface area contributed by atoms with E-state index in [2.05, 4.69) is 11.0 Å². The first-order valence-corrected chi connectivity index (χ1v) is 15.6. The SMILES string of the molecule is CN(C(CCN1CCC2(CC1)CS(=O)c1ccccc12)c1ccc(O)c(Cl)c1)S(=O)(=O)c1ccccc1. The maximum absolute atomic E-state index is 13.5. The summed E-state index contributed by atoms with van der Waals surface area (Å²) < 4.78 is 41.1. The van der Waals surface area contributed by atoms with Crippen LogP contribution < -0.4 is 0 Å². The van der Waals surface area contributed by atoms with Crippen molar-refractivity contribution in [3.63, 3.8) is 0 Å². The molecule has 2 heterocycles. The van der Waals surface area contributed by atoms with Gasteiger partial charge in [-0.15, -0.1) is 0 Å². The molecule has 0 bridgehead atoms. The van der Waals surface area contributed by atoms with E-state index in [9.17, 15) is 17.7 Å². The number of hydrogen-bond acceptors (Lipinski definition) is 5. The molecule has 2 aliphatic heterocycles. The predicted octanol–water partition coefficient (Wildman–Crippen LogP) is 4.95. The lowest BCUT2D eigenvalue weighted by Crippen LogP contribution is -2.44. The number of halogens is 1. The molecule has 1 saturated heterocycles. The van der Waals surface area contributed by atoms with E-state index < -0.39 is 26.9 Å². The predicted molar refractivity (Wildman–Crippen MR) is 147 cm³/mol. The molecule has 0 amide bonds. The van der Waals surface area contributed by atoms with Crippen molar-refractivity contribution >= 4 is 32.4 Å². The second kappa shape index (κ2) is 10.5. The van der Waals surface area contributed by atoms with Crippen molar-refractivity contribution in [1.82, 2.24) is 9.21 Å². The number of benzene rings is 3. The molecule has 0 saturated carbocycles. The highest BCUT2D eigenvalue weighted by Gasteiger charge is 2.44. The summed E-state index contributed by atoms with van der Waals surface area (Å²) in [5, 5.41) is 10.1. The molecule has 2 aliphatic rings. The zero-order valence-corrected chi connectivity index (χ0v) is 23.1. The molecule has 6 nitrogen and oxygen atoms in total. The number of aromatic hydroxyl groups is 1. The Balaban J connectivity index is 1.33. The van der Waals surface area contributed by atoms with Crippen molar-refractivity contribution in [2.75, 3.05) is 32.4 Å². The molecule has 2 atom stereocenters. The van der Waals surface area contributed by atoms with E-state index in [1.807, 2.05) is 18.2 Å². The molecule has 5 rings (SSSR count). The van der Waals surface area contributed by atoms with Crippen LogP contribution in [-0.4, -0.2) is 59.4 Å². The quantitative estimate of drug-likeness (QED) is 0.444. The zero-order chi connectivity index (χ0) is 26.2. The standard InChI is InChI=1S/C28H31ClN2O4S2/c1-30(37(34,35)22-7-3-2-4-8-22)25(21-11-12-26(32)24(29)19-21)13-16-31-17-14-28(15-18-31)20-36(33)27-10-6-5-9-23(27)28/h2-12,19,25,32H,13-18,20H2,1H3. The Bertz CT molecular complexity index is 1410. The van der Waals surface area contributed by atoms with Gasteiger partial charge in [0.15, 0.2) is 0 Å².